The van der Waals surface area contributed by atoms with E-state index in [1.807, 2.05) is 6.92 Å². The summed E-state index contributed by atoms with van der Waals surface area (Å²) in [7, 11) is 0. The van der Waals surface area contributed by atoms with Crippen LogP contribution >= 0.6 is 0 Å². The summed E-state index contributed by atoms with van der Waals surface area (Å²) in [4.78, 5) is 0. The SMILES string of the molecule is Cc1ccc(C)c(OC[C@H](C)N)c1C. The Kier molecular flexibility index (Phi) is 3.53. The molecular weight excluding hydrogens is 174 g/mol. The minimum atomic E-state index is 0.0781. The molecule has 0 saturated heterocycles. The predicted octanol–water partition coefficient (Wildman–Crippen LogP) is 2.34. The van der Waals surface area contributed by atoms with E-state index in [1.165, 1.54) is 16.7 Å². The maximum absolute atomic E-state index is 5.68. The van der Waals surface area contributed by atoms with Gasteiger partial charge in [-0.05, 0) is 44.4 Å². The monoisotopic (exact) mass is 193 g/mol. The summed E-state index contributed by atoms with van der Waals surface area (Å²) in [6, 6.07) is 4.27. The Morgan fingerprint density at radius 2 is 1.79 bits per heavy atom. The molecule has 14 heavy (non-hydrogen) atoms. The quantitative estimate of drug-likeness (QED) is 0.799. The molecular formula is C12H19NO. The molecule has 0 heterocycles. The van der Waals surface area contributed by atoms with E-state index in [9.17, 15) is 0 Å². The van der Waals surface area contributed by atoms with E-state index >= 15 is 0 Å². The molecule has 0 aliphatic carbocycles. The van der Waals surface area contributed by atoms with E-state index < -0.39 is 0 Å². The third kappa shape index (κ3) is 2.48. The van der Waals surface area contributed by atoms with Crippen molar-refractivity contribution in [2.24, 2.45) is 5.73 Å². The van der Waals surface area contributed by atoms with Crippen molar-refractivity contribution in [2.45, 2.75) is 33.7 Å². The van der Waals surface area contributed by atoms with Gasteiger partial charge in [0, 0.05) is 6.04 Å². The number of nitrogens with two attached hydrogens (primary N) is 1. The van der Waals surface area contributed by atoms with Crippen LogP contribution in [0.4, 0.5) is 0 Å². The first-order valence-corrected chi connectivity index (χ1v) is 4.97. The predicted molar refractivity (Wildman–Crippen MR) is 59.8 cm³/mol. The van der Waals surface area contributed by atoms with Crippen LogP contribution in [0.3, 0.4) is 0 Å². The number of rotatable bonds is 3. The summed E-state index contributed by atoms with van der Waals surface area (Å²) in [5.41, 5.74) is 9.30. The highest BCUT2D eigenvalue weighted by Gasteiger charge is 2.06. The normalized spacial score (nSPS) is 12.6. The van der Waals surface area contributed by atoms with Crippen LogP contribution in [-0.2, 0) is 0 Å². The molecule has 1 aromatic rings. The molecule has 1 rings (SSSR count). The van der Waals surface area contributed by atoms with Crippen molar-refractivity contribution in [3.05, 3.63) is 28.8 Å². The molecule has 0 aliphatic rings. The molecule has 0 radical (unpaired) electrons. The molecule has 2 heteroatoms. The zero-order valence-electron chi connectivity index (χ0n) is 9.42. The lowest BCUT2D eigenvalue weighted by Crippen LogP contribution is -2.24. The summed E-state index contributed by atoms with van der Waals surface area (Å²) < 4.78 is 5.68. The number of hydrogen-bond acceptors (Lipinski definition) is 2. The van der Waals surface area contributed by atoms with Gasteiger partial charge in [-0.2, -0.15) is 0 Å². The minimum Gasteiger partial charge on any atom is -0.491 e. The molecule has 0 spiro atoms. The molecule has 0 saturated carbocycles. The van der Waals surface area contributed by atoms with Gasteiger partial charge in [0.1, 0.15) is 12.4 Å². The van der Waals surface area contributed by atoms with Crippen LogP contribution in [0.5, 0.6) is 5.75 Å². The van der Waals surface area contributed by atoms with Crippen molar-refractivity contribution < 1.29 is 4.74 Å². The molecule has 1 aromatic carbocycles. The average molecular weight is 193 g/mol. The highest BCUT2D eigenvalue weighted by molar-refractivity contribution is 5.44. The minimum absolute atomic E-state index is 0.0781. The highest BCUT2D eigenvalue weighted by atomic mass is 16.5. The van der Waals surface area contributed by atoms with Crippen molar-refractivity contribution in [3.8, 4) is 5.75 Å². The van der Waals surface area contributed by atoms with Gasteiger partial charge in [0.05, 0.1) is 0 Å². The standard InChI is InChI=1S/C12H19NO/c1-8-5-6-9(2)12(11(8)4)14-7-10(3)13/h5-6,10H,7,13H2,1-4H3/t10-/m0/s1. The van der Waals surface area contributed by atoms with Crippen molar-refractivity contribution >= 4 is 0 Å². The van der Waals surface area contributed by atoms with Crippen LogP contribution in [0.15, 0.2) is 12.1 Å². The zero-order valence-corrected chi connectivity index (χ0v) is 9.42. The van der Waals surface area contributed by atoms with Gasteiger partial charge in [-0.25, -0.2) is 0 Å². The van der Waals surface area contributed by atoms with E-state index in [-0.39, 0.29) is 6.04 Å². The van der Waals surface area contributed by atoms with Crippen molar-refractivity contribution in [2.75, 3.05) is 6.61 Å². The summed E-state index contributed by atoms with van der Waals surface area (Å²) in [5, 5.41) is 0. The number of ether oxygens (including phenoxy) is 1. The fourth-order valence-electron chi connectivity index (χ4n) is 1.36. The Morgan fingerprint density at radius 3 is 2.36 bits per heavy atom. The van der Waals surface area contributed by atoms with Crippen molar-refractivity contribution in [1.82, 2.24) is 0 Å². The first-order chi connectivity index (χ1) is 6.52. The summed E-state index contributed by atoms with van der Waals surface area (Å²) >= 11 is 0. The number of aryl methyl sites for hydroxylation is 2. The van der Waals surface area contributed by atoms with Crippen molar-refractivity contribution in [3.63, 3.8) is 0 Å². The molecule has 0 unspecified atom stereocenters. The average Bonchev–Trinajstić information content (AvgIpc) is 2.11. The molecule has 0 fully saturated rings. The second-order valence-corrected chi connectivity index (χ2v) is 3.94. The van der Waals surface area contributed by atoms with Gasteiger partial charge < -0.3 is 10.5 Å². The fourth-order valence-corrected chi connectivity index (χ4v) is 1.36. The van der Waals surface area contributed by atoms with Crippen LogP contribution in [0.25, 0.3) is 0 Å². The number of benzene rings is 1. The molecule has 0 bridgehead atoms. The van der Waals surface area contributed by atoms with Gasteiger partial charge in [0.25, 0.3) is 0 Å². The Bertz CT molecular complexity index is 318. The lowest BCUT2D eigenvalue weighted by atomic mass is 10.1. The molecule has 0 aliphatic heterocycles. The summed E-state index contributed by atoms with van der Waals surface area (Å²) in [6.45, 7) is 8.75. The molecule has 2 nitrogen and oxygen atoms in total. The van der Waals surface area contributed by atoms with E-state index in [4.69, 9.17) is 10.5 Å². The maximum atomic E-state index is 5.68. The second kappa shape index (κ2) is 4.47. The highest BCUT2D eigenvalue weighted by Crippen LogP contribution is 2.25. The van der Waals surface area contributed by atoms with Gasteiger partial charge in [0.2, 0.25) is 0 Å². The molecule has 0 aromatic heterocycles. The van der Waals surface area contributed by atoms with Gasteiger partial charge in [-0.1, -0.05) is 12.1 Å². The molecule has 78 valence electrons. The lowest BCUT2D eigenvalue weighted by Gasteiger charge is -2.15. The van der Waals surface area contributed by atoms with E-state index in [1.54, 1.807) is 0 Å². The largest absolute Gasteiger partial charge is 0.491 e. The Labute approximate surface area is 86.1 Å². The van der Waals surface area contributed by atoms with E-state index in [0.717, 1.165) is 5.75 Å². The van der Waals surface area contributed by atoms with Gasteiger partial charge in [-0.3, -0.25) is 0 Å². The van der Waals surface area contributed by atoms with Crippen LogP contribution < -0.4 is 10.5 Å². The molecule has 1 atom stereocenters. The summed E-state index contributed by atoms with van der Waals surface area (Å²) in [6.07, 6.45) is 0. The van der Waals surface area contributed by atoms with E-state index in [0.29, 0.717) is 6.61 Å². The Hall–Kier alpha value is -1.02. The van der Waals surface area contributed by atoms with Crippen LogP contribution in [0.2, 0.25) is 0 Å². The summed E-state index contributed by atoms with van der Waals surface area (Å²) in [5.74, 6) is 0.988. The van der Waals surface area contributed by atoms with Crippen LogP contribution in [0.1, 0.15) is 23.6 Å². The third-order valence-corrected chi connectivity index (χ3v) is 2.36. The fraction of sp³-hybridized carbons (Fsp3) is 0.500. The first-order valence-electron chi connectivity index (χ1n) is 4.97. The van der Waals surface area contributed by atoms with Gasteiger partial charge in [-0.15, -0.1) is 0 Å². The molecule has 0 amide bonds. The molecule has 2 N–H and O–H groups in total. The Morgan fingerprint density at radius 1 is 1.21 bits per heavy atom. The van der Waals surface area contributed by atoms with Crippen molar-refractivity contribution in [1.29, 1.82) is 0 Å². The topological polar surface area (TPSA) is 35.2 Å². The van der Waals surface area contributed by atoms with Crippen LogP contribution in [0, 0.1) is 20.8 Å². The van der Waals surface area contributed by atoms with Gasteiger partial charge in [0.15, 0.2) is 0 Å². The Balaban J connectivity index is 2.89. The van der Waals surface area contributed by atoms with Gasteiger partial charge >= 0.3 is 0 Å². The van der Waals surface area contributed by atoms with E-state index in [2.05, 4.69) is 32.9 Å². The zero-order chi connectivity index (χ0) is 10.7. The number of hydrogen-bond donors (Lipinski definition) is 1. The third-order valence-electron chi connectivity index (χ3n) is 2.36. The first kappa shape index (κ1) is 11.1. The smallest absolute Gasteiger partial charge is 0.125 e. The lowest BCUT2D eigenvalue weighted by molar-refractivity contribution is 0.292. The second-order valence-electron chi connectivity index (χ2n) is 3.94. The van der Waals surface area contributed by atoms with Crippen LogP contribution in [-0.4, -0.2) is 12.6 Å². The maximum Gasteiger partial charge on any atom is 0.125 e.